The van der Waals surface area contributed by atoms with E-state index in [4.69, 9.17) is 0 Å². The van der Waals surface area contributed by atoms with E-state index in [1.807, 2.05) is 30.3 Å². The molecule has 1 aliphatic heterocycles. The summed E-state index contributed by atoms with van der Waals surface area (Å²) >= 11 is 0. The zero-order valence-corrected chi connectivity index (χ0v) is 10.7. The lowest BCUT2D eigenvalue weighted by molar-refractivity contribution is -0.126. The van der Waals surface area contributed by atoms with Gasteiger partial charge in [-0.3, -0.25) is 9.69 Å². The molecule has 1 aliphatic rings. The molecule has 1 heterocycles. The van der Waals surface area contributed by atoms with Crippen LogP contribution in [0.5, 0.6) is 0 Å². The van der Waals surface area contributed by atoms with E-state index in [9.17, 15) is 9.59 Å². The van der Waals surface area contributed by atoms with Crippen LogP contribution in [0.3, 0.4) is 0 Å². The number of nitrogens with zero attached hydrogens (tertiary/aromatic N) is 2. The highest BCUT2D eigenvalue weighted by Gasteiger charge is 2.33. The molecule has 2 rings (SSSR count). The predicted octanol–water partition coefficient (Wildman–Crippen LogP) is 2.19. The largest absolute Gasteiger partial charge is 0.327 e. The Bertz CT molecular complexity index is 522. The number of carbonyl (C=O) groups excluding carboxylic acids is 2. The summed E-state index contributed by atoms with van der Waals surface area (Å²) in [5.74, 6) is -0.297. The van der Waals surface area contributed by atoms with Crippen LogP contribution >= 0.6 is 0 Å². The standard InChI is InChI=1S/C15H16N2O2/c1-3-9-16-10-12(2)14(18)17(15(16)19)11-13-7-5-4-6-8-13/h3-8H,1-2,9-11H2. The van der Waals surface area contributed by atoms with Crippen molar-refractivity contribution in [3.8, 4) is 0 Å². The maximum absolute atomic E-state index is 12.2. The van der Waals surface area contributed by atoms with Gasteiger partial charge in [0.2, 0.25) is 0 Å². The highest BCUT2D eigenvalue weighted by Crippen LogP contribution is 2.17. The molecule has 1 fully saturated rings. The van der Waals surface area contributed by atoms with Crippen molar-refractivity contribution in [1.29, 1.82) is 0 Å². The Morgan fingerprint density at radius 1 is 1.21 bits per heavy atom. The summed E-state index contributed by atoms with van der Waals surface area (Å²) in [4.78, 5) is 27.0. The van der Waals surface area contributed by atoms with Crippen molar-refractivity contribution >= 4 is 11.9 Å². The van der Waals surface area contributed by atoms with Gasteiger partial charge in [0, 0.05) is 12.1 Å². The second kappa shape index (κ2) is 5.52. The number of urea groups is 1. The first-order valence-corrected chi connectivity index (χ1v) is 6.07. The predicted molar refractivity (Wildman–Crippen MR) is 73.3 cm³/mol. The summed E-state index contributed by atoms with van der Waals surface area (Å²) in [6, 6.07) is 9.13. The molecule has 19 heavy (non-hydrogen) atoms. The van der Waals surface area contributed by atoms with Gasteiger partial charge in [-0.25, -0.2) is 4.79 Å². The summed E-state index contributed by atoms with van der Waals surface area (Å²) in [6.07, 6.45) is 1.64. The van der Waals surface area contributed by atoms with E-state index in [1.165, 1.54) is 4.90 Å². The van der Waals surface area contributed by atoms with Gasteiger partial charge in [0.1, 0.15) is 0 Å². The van der Waals surface area contributed by atoms with Gasteiger partial charge in [0.05, 0.1) is 13.1 Å². The average Bonchev–Trinajstić information content (AvgIpc) is 2.42. The van der Waals surface area contributed by atoms with Crippen LogP contribution in [0.1, 0.15) is 5.56 Å². The zero-order valence-electron chi connectivity index (χ0n) is 10.7. The van der Waals surface area contributed by atoms with Crippen LogP contribution in [0.15, 0.2) is 55.1 Å². The second-order valence-electron chi connectivity index (χ2n) is 4.43. The first kappa shape index (κ1) is 13.1. The molecule has 0 bridgehead atoms. The summed E-state index contributed by atoms with van der Waals surface area (Å²) < 4.78 is 0. The Morgan fingerprint density at radius 2 is 1.89 bits per heavy atom. The summed E-state index contributed by atoms with van der Waals surface area (Å²) in [5, 5.41) is 0. The molecule has 1 aromatic carbocycles. The van der Waals surface area contributed by atoms with E-state index in [2.05, 4.69) is 13.2 Å². The first-order valence-electron chi connectivity index (χ1n) is 6.07. The maximum atomic E-state index is 12.2. The number of carbonyl (C=O) groups is 2. The molecule has 0 radical (unpaired) electrons. The van der Waals surface area contributed by atoms with Crippen molar-refractivity contribution in [2.45, 2.75) is 6.54 Å². The van der Waals surface area contributed by atoms with Gasteiger partial charge in [-0.05, 0) is 5.56 Å². The Morgan fingerprint density at radius 3 is 2.53 bits per heavy atom. The molecule has 0 spiro atoms. The van der Waals surface area contributed by atoms with Crippen LogP contribution in [-0.2, 0) is 11.3 Å². The minimum atomic E-state index is -0.297. The summed E-state index contributed by atoms with van der Waals surface area (Å²) in [7, 11) is 0. The Labute approximate surface area is 112 Å². The number of hydrogen-bond acceptors (Lipinski definition) is 2. The van der Waals surface area contributed by atoms with Crippen molar-refractivity contribution < 1.29 is 9.59 Å². The minimum absolute atomic E-state index is 0.269. The minimum Gasteiger partial charge on any atom is -0.316 e. The molecule has 4 heteroatoms. The third-order valence-electron chi connectivity index (χ3n) is 2.96. The van der Waals surface area contributed by atoms with Crippen molar-refractivity contribution in [1.82, 2.24) is 9.80 Å². The molecule has 1 saturated heterocycles. The molecule has 0 atom stereocenters. The van der Waals surface area contributed by atoms with Gasteiger partial charge in [-0.1, -0.05) is 43.0 Å². The lowest BCUT2D eigenvalue weighted by Crippen LogP contribution is -2.52. The van der Waals surface area contributed by atoms with Crippen molar-refractivity contribution in [3.05, 3.63) is 60.7 Å². The fourth-order valence-electron chi connectivity index (χ4n) is 2.02. The summed E-state index contributed by atoms with van der Waals surface area (Å²) in [5.41, 5.74) is 1.34. The molecule has 0 aliphatic carbocycles. The van der Waals surface area contributed by atoms with Crippen LogP contribution < -0.4 is 0 Å². The number of hydrogen-bond donors (Lipinski definition) is 0. The van der Waals surface area contributed by atoms with E-state index in [0.29, 0.717) is 12.1 Å². The first-order chi connectivity index (χ1) is 9.13. The molecule has 1 aromatic rings. The molecule has 3 amide bonds. The van der Waals surface area contributed by atoms with Gasteiger partial charge in [0.25, 0.3) is 5.91 Å². The van der Waals surface area contributed by atoms with Gasteiger partial charge in [-0.2, -0.15) is 0 Å². The van der Waals surface area contributed by atoms with Crippen LogP contribution in [0.4, 0.5) is 4.79 Å². The fraction of sp³-hybridized carbons (Fsp3) is 0.200. The normalized spacial score (nSPS) is 15.9. The molecule has 98 valence electrons. The maximum Gasteiger partial charge on any atom is 0.327 e. The second-order valence-corrected chi connectivity index (χ2v) is 4.43. The van der Waals surface area contributed by atoms with Crippen molar-refractivity contribution in [3.63, 3.8) is 0 Å². The van der Waals surface area contributed by atoms with Crippen LogP contribution in [0.2, 0.25) is 0 Å². The lowest BCUT2D eigenvalue weighted by Gasteiger charge is -2.34. The average molecular weight is 256 g/mol. The molecular formula is C15H16N2O2. The Kier molecular flexibility index (Phi) is 3.80. The van der Waals surface area contributed by atoms with Crippen molar-refractivity contribution in [2.75, 3.05) is 13.1 Å². The topological polar surface area (TPSA) is 40.6 Å². The van der Waals surface area contributed by atoms with E-state index in [-0.39, 0.29) is 25.0 Å². The lowest BCUT2D eigenvalue weighted by atomic mass is 10.1. The van der Waals surface area contributed by atoms with Gasteiger partial charge >= 0.3 is 6.03 Å². The van der Waals surface area contributed by atoms with Crippen LogP contribution in [0, 0.1) is 0 Å². The van der Waals surface area contributed by atoms with Gasteiger partial charge in [-0.15, -0.1) is 6.58 Å². The molecular weight excluding hydrogens is 240 g/mol. The van der Waals surface area contributed by atoms with Gasteiger partial charge in [0.15, 0.2) is 0 Å². The van der Waals surface area contributed by atoms with E-state index in [1.54, 1.807) is 11.0 Å². The molecule has 4 nitrogen and oxygen atoms in total. The fourth-order valence-corrected chi connectivity index (χ4v) is 2.02. The van der Waals surface area contributed by atoms with E-state index < -0.39 is 0 Å². The smallest absolute Gasteiger partial charge is 0.316 e. The number of benzene rings is 1. The number of amides is 3. The quantitative estimate of drug-likeness (QED) is 0.612. The highest BCUT2D eigenvalue weighted by atomic mass is 16.2. The molecule has 0 unspecified atom stereocenters. The van der Waals surface area contributed by atoms with Crippen molar-refractivity contribution in [2.24, 2.45) is 0 Å². The van der Waals surface area contributed by atoms with E-state index in [0.717, 1.165) is 5.56 Å². The highest BCUT2D eigenvalue weighted by molar-refractivity contribution is 6.06. The third-order valence-corrected chi connectivity index (χ3v) is 2.96. The van der Waals surface area contributed by atoms with E-state index >= 15 is 0 Å². The number of imide groups is 1. The summed E-state index contributed by atoms with van der Waals surface area (Å²) in [6.45, 7) is 8.30. The molecule has 0 saturated carbocycles. The van der Waals surface area contributed by atoms with Crippen LogP contribution in [-0.4, -0.2) is 34.8 Å². The monoisotopic (exact) mass is 256 g/mol. The third kappa shape index (κ3) is 2.73. The SMILES string of the molecule is C=CCN1CC(=C)C(=O)N(Cc2ccccc2)C1=O. The molecule has 0 aromatic heterocycles. The Hall–Kier alpha value is -2.36. The number of rotatable bonds is 4. The Balaban J connectivity index is 2.20. The van der Waals surface area contributed by atoms with Crippen LogP contribution in [0.25, 0.3) is 0 Å². The molecule has 0 N–H and O–H groups in total. The van der Waals surface area contributed by atoms with Gasteiger partial charge < -0.3 is 4.90 Å². The zero-order chi connectivity index (χ0) is 13.8.